The van der Waals surface area contributed by atoms with Crippen LogP contribution in [-0.4, -0.2) is 4.98 Å². The lowest BCUT2D eigenvalue weighted by atomic mass is 10.2. The van der Waals surface area contributed by atoms with Crippen LogP contribution in [0.15, 0.2) is 65.1 Å². The van der Waals surface area contributed by atoms with Crippen molar-refractivity contribution >= 4 is 33.2 Å². The third-order valence-corrected chi connectivity index (χ3v) is 4.51. The highest BCUT2D eigenvalue weighted by atomic mass is 35.5. The van der Waals surface area contributed by atoms with E-state index in [9.17, 15) is 0 Å². The molecule has 4 aromatic rings. The predicted molar refractivity (Wildman–Crippen MR) is 87.8 cm³/mol. The summed E-state index contributed by atoms with van der Waals surface area (Å²) in [5, 5.41) is 1.59. The molecule has 21 heavy (non-hydrogen) atoms. The van der Waals surface area contributed by atoms with E-state index in [-0.39, 0.29) is 0 Å². The molecule has 0 bridgehead atoms. The van der Waals surface area contributed by atoms with E-state index in [1.807, 2.05) is 54.6 Å². The van der Waals surface area contributed by atoms with E-state index in [2.05, 4.69) is 11.1 Å². The molecule has 2 aromatic heterocycles. The van der Waals surface area contributed by atoms with E-state index in [0.717, 1.165) is 32.3 Å². The van der Waals surface area contributed by atoms with Crippen LogP contribution in [0.1, 0.15) is 0 Å². The first kappa shape index (κ1) is 12.6. The van der Waals surface area contributed by atoms with Gasteiger partial charge in [-0.2, -0.15) is 0 Å². The quantitative estimate of drug-likeness (QED) is 0.462. The van der Waals surface area contributed by atoms with Gasteiger partial charge in [0.2, 0.25) is 0 Å². The first-order valence-electron chi connectivity index (χ1n) is 6.51. The van der Waals surface area contributed by atoms with Gasteiger partial charge in [-0.25, -0.2) is 4.98 Å². The molecule has 2 nitrogen and oxygen atoms in total. The number of furan rings is 1. The highest BCUT2D eigenvalue weighted by Gasteiger charge is 2.11. The molecule has 0 unspecified atom stereocenters. The highest BCUT2D eigenvalue weighted by molar-refractivity contribution is 7.21. The second-order valence-corrected chi connectivity index (χ2v) is 6.13. The van der Waals surface area contributed by atoms with Crippen LogP contribution in [0.3, 0.4) is 0 Å². The maximum atomic E-state index is 6.02. The summed E-state index contributed by atoms with van der Waals surface area (Å²) in [6.07, 6.45) is 0. The molecule has 4 heteroatoms. The van der Waals surface area contributed by atoms with E-state index in [0.29, 0.717) is 5.02 Å². The van der Waals surface area contributed by atoms with Crippen molar-refractivity contribution in [3.05, 3.63) is 65.7 Å². The molecule has 0 aliphatic heterocycles. The van der Waals surface area contributed by atoms with Crippen molar-refractivity contribution in [2.75, 3.05) is 0 Å². The molecule has 0 aliphatic rings. The van der Waals surface area contributed by atoms with E-state index < -0.39 is 0 Å². The second kappa shape index (κ2) is 5.02. The molecule has 2 heterocycles. The molecular weight excluding hydrogens is 302 g/mol. The van der Waals surface area contributed by atoms with Gasteiger partial charge in [-0.05, 0) is 36.4 Å². The largest absolute Gasteiger partial charge is 0.454 e. The van der Waals surface area contributed by atoms with Gasteiger partial charge in [-0.1, -0.05) is 35.9 Å². The van der Waals surface area contributed by atoms with Gasteiger partial charge in [-0.3, -0.25) is 0 Å². The first-order chi connectivity index (χ1) is 10.3. The van der Waals surface area contributed by atoms with Crippen LogP contribution >= 0.6 is 22.9 Å². The van der Waals surface area contributed by atoms with Gasteiger partial charge in [0.15, 0.2) is 10.8 Å². The minimum atomic E-state index is 0.699. The van der Waals surface area contributed by atoms with Gasteiger partial charge < -0.3 is 4.42 Å². The Morgan fingerprint density at radius 3 is 2.62 bits per heavy atom. The molecule has 0 saturated heterocycles. The Labute approximate surface area is 130 Å². The zero-order valence-electron chi connectivity index (χ0n) is 10.9. The number of thiazole rings is 1. The van der Waals surface area contributed by atoms with Crippen molar-refractivity contribution in [2.45, 2.75) is 0 Å². The van der Waals surface area contributed by atoms with Crippen molar-refractivity contribution in [2.24, 2.45) is 0 Å². The average Bonchev–Trinajstić information content (AvgIpc) is 3.14. The zero-order chi connectivity index (χ0) is 14.2. The second-order valence-electron chi connectivity index (χ2n) is 4.66. The number of rotatable bonds is 2. The number of para-hydroxylation sites is 1. The highest BCUT2D eigenvalue weighted by Crippen LogP contribution is 2.34. The Balaban J connectivity index is 1.77. The van der Waals surface area contributed by atoms with E-state index in [1.165, 1.54) is 0 Å². The van der Waals surface area contributed by atoms with Gasteiger partial charge in [0.05, 0.1) is 10.2 Å². The molecule has 0 N–H and O–H groups in total. The number of halogens is 1. The molecule has 0 radical (unpaired) electrons. The Kier molecular flexibility index (Phi) is 3.02. The first-order valence-corrected chi connectivity index (χ1v) is 7.71. The Morgan fingerprint density at radius 2 is 1.76 bits per heavy atom. The lowest BCUT2D eigenvalue weighted by Gasteiger charge is -1.97. The van der Waals surface area contributed by atoms with E-state index >= 15 is 0 Å². The van der Waals surface area contributed by atoms with Crippen LogP contribution in [0.2, 0.25) is 5.02 Å². The summed E-state index contributed by atoms with van der Waals surface area (Å²) >= 11 is 7.65. The molecule has 102 valence electrons. The SMILES string of the molecule is Clc1cccc(-c2ccc(-c3nc4ccccc4s3)o2)c1. The molecule has 0 aliphatic carbocycles. The number of nitrogens with zero attached hydrogens (tertiary/aromatic N) is 1. The summed E-state index contributed by atoms with van der Waals surface area (Å²) in [6, 6.07) is 19.6. The fourth-order valence-corrected chi connectivity index (χ4v) is 3.35. The van der Waals surface area contributed by atoms with Crippen LogP contribution in [0, 0.1) is 0 Å². The zero-order valence-corrected chi connectivity index (χ0v) is 12.5. The van der Waals surface area contributed by atoms with Gasteiger partial charge >= 0.3 is 0 Å². The summed E-state index contributed by atoms with van der Waals surface area (Å²) in [5.41, 5.74) is 1.97. The van der Waals surface area contributed by atoms with Gasteiger partial charge in [-0.15, -0.1) is 11.3 Å². The van der Waals surface area contributed by atoms with Crippen molar-refractivity contribution in [1.82, 2.24) is 4.98 Å². The smallest absolute Gasteiger partial charge is 0.163 e. The summed E-state index contributed by atoms with van der Waals surface area (Å²) in [5.74, 6) is 1.58. The minimum Gasteiger partial charge on any atom is -0.454 e. The number of fused-ring (bicyclic) bond motifs is 1. The van der Waals surface area contributed by atoms with Crippen LogP contribution in [-0.2, 0) is 0 Å². The molecule has 0 spiro atoms. The summed E-state index contributed by atoms with van der Waals surface area (Å²) in [6.45, 7) is 0. The molecule has 4 rings (SSSR count). The Bertz CT molecular complexity index is 892. The lowest BCUT2D eigenvalue weighted by molar-refractivity contribution is 0.597. The van der Waals surface area contributed by atoms with Gasteiger partial charge in [0, 0.05) is 10.6 Å². The number of benzene rings is 2. The maximum Gasteiger partial charge on any atom is 0.163 e. The molecule has 0 amide bonds. The molecule has 2 aromatic carbocycles. The van der Waals surface area contributed by atoms with Gasteiger partial charge in [0.25, 0.3) is 0 Å². The van der Waals surface area contributed by atoms with Crippen molar-refractivity contribution in [3.63, 3.8) is 0 Å². The van der Waals surface area contributed by atoms with Crippen molar-refractivity contribution in [1.29, 1.82) is 0 Å². The third-order valence-electron chi connectivity index (χ3n) is 3.22. The average molecular weight is 312 g/mol. The fraction of sp³-hybridized carbons (Fsp3) is 0. The van der Waals surface area contributed by atoms with E-state index in [4.69, 9.17) is 16.0 Å². The number of hydrogen-bond acceptors (Lipinski definition) is 3. The van der Waals surface area contributed by atoms with Crippen LogP contribution in [0.5, 0.6) is 0 Å². The topological polar surface area (TPSA) is 26.0 Å². The Hall–Kier alpha value is -2.10. The summed E-state index contributed by atoms with van der Waals surface area (Å²) in [7, 11) is 0. The van der Waals surface area contributed by atoms with Crippen molar-refractivity contribution < 1.29 is 4.42 Å². The van der Waals surface area contributed by atoms with E-state index in [1.54, 1.807) is 11.3 Å². The summed E-state index contributed by atoms with van der Waals surface area (Å²) < 4.78 is 7.09. The Morgan fingerprint density at radius 1 is 0.905 bits per heavy atom. The van der Waals surface area contributed by atoms with Crippen LogP contribution in [0.4, 0.5) is 0 Å². The third kappa shape index (κ3) is 2.35. The molecule has 0 saturated carbocycles. The normalized spacial score (nSPS) is 11.1. The van der Waals surface area contributed by atoms with Crippen molar-refractivity contribution in [3.8, 4) is 22.1 Å². The lowest BCUT2D eigenvalue weighted by Crippen LogP contribution is -1.73. The maximum absolute atomic E-state index is 6.02. The predicted octanol–water partition coefficient (Wildman–Crippen LogP) is 5.88. The number of aromatic nitrogens is 1. The van der Waals surface area contributed by atoms with Crippen LogP contribution in [0.25, 0.3) is 32.3 Å². The molecule has 0 fully saturated rings. The monoisotopic (exact) mass is 311 g/mol. The standard InChI is InChI=1S/C17H10ClNOS/c18-12-5-3-4-11(10-12)14-8-9-15(20-14)17-19-13-6-1-2-7-16(13)21-17/h1-10H. The molecule has 0 atom stereocenters. The summed E-state index contributed by atoms with van der Waals surface area (Å²) in [4.78, 5) is 4.61. The van der Waals surface area contributed by atoms with Crippen LogP contribution < -0.4 is 0 Å². The number of hydrogen-bond donors (Lipinski definition) is 0. The fourth-order valence-electron chi connectivity index (χ4n) is 2.23. The van der Waals surface area contributed by atoms with Gasteiger partial charge in [0.1, 0.15) is 5.76 Å². The minimum absolute atomic E-state index is 0.699. The molecular formula is C17H10ClNOS.